The second-order valence-corrected chi connectivity index (χ2v) is 4.98. The van der Waals surface area contributed by atoms with Gasteiger partial charge < -0.3 is 0 Å². The van der Waals surface area contributed by atoms with E-state index in [1.165, 1.54) is 0 Å². The predicted molar refractivity (Wildman–Crippen MR) is 95.4 cm³/mol. The largest absolute Gasteiger partial charge is 0.300 e. The maximum Gasteiger partial charge on any atom is 0.144 e. The molecule has 0 radical (unpaired) electrons. The maximum absolute atomic E-state index is 4.43. The summed E-state index contributed by atoms with van der Waals surface area (Å²) >= 11 is 0. The van der Waals surface area contributed by atoms with Gasteiger partial charge in [0.05, 0.1) is 0 Å². The molecule has 3 aromatic carbocycles. The Morgan fingerprint density at radius 3 is 1.61 bits per heavy atom. The van der Waals surface area contributed by atoms with Crippen LogP contribution in [0.2, 0.25) is 0 Å². The highest BCUT2D eigenvalue weighted by Gasteiger charge is 2.05. The van der Waals surface area contributed by atoms with E-state index >= 15 is 0 Å². The molecule has 23 heavy (non-hydrogen) atoms. The molecule has 2 nitrogen and oxygen atoms in total. The van der Waals surface area contributed by atoms with Gasteiger partial charge in [-0.05, 0) is 12.1 Å². The SMILES string of the molecule is c1ccc(-c2nccn2-c2ccccc2)cc1.c1ccccc1. The van der Waals surface area contributed by atoms with Crippen LogP contribution in [0.1, 0.15) is 0 Å². The molecule has 4 rings (SSSR count). The summed E-state index contributed by atoms with van der Waals surface area (Å²) in [6, 6.07) is 32.4. The molecule has 0 spiro atoms. The van der Waals surface area contributed by atoms with Crippen LogP contribution in [-0.2, 0) is 0 Å². The minimum Gasteiger partial charge on any atom is -0.300 e. The molecule has 0 atom stereocenters. The number of hydrogen-bond acceptors (Lipinski definition) is 1. The minimum atomic E-state index is 0.969. The Hall–Kier alpha value is -3.13. The van der Waals surface area contributed by atoms with Crippen molar-refractivity contribution in [2.75, 3.05) is 0 Å². The number of hydrogen-bond donors (Lipinski definition) is 0. The number of para-hydroxylation sites is 1. The zero-order valence-corrected chi connectivity index (χ0v) is 12.8. The van der Waals surface area contributed by atoms with Crippen molar-refractivity contribution in [3.05, 3.63) is 109 Å². The number of aromatic nitrogens is 2. The van der Waals surface area contributed by atoms with Gasteiger partial charge in [-0.15, -0.1) is 0 Å². The van der Waals surface area contributed by atoms with Crippen LogP contribution in [0.3, 0.4) is 0 Å². The van der Waals surface area contributed by atoms with Crippen LogP contribution < -0.4 is 0 Å². The molecule has 0 bridgehead atoms. The molecule has 4 aromatic rings. The van der Waals surface area contributed by atoms with Crippen molar-refractivity contribution in [2.24, 2.45) is 0 Å². The molecule has 0 aliphatic carbocycles. The van der Waals surface area contributed by atoms with E-state index in [9.17, 15) is 0 Å². The Labute approximate surface area is 136 Å². The highest BCUT2D eigenvalue weighted by molar-refractivity contribution is 5.58. The van der Waals surface area contributed by atoms with E-state index in [1.807, 2.05) is 85.2 Å². The van der Waals surface area contributed by atoms with Gasteiger partial charge in [-0.25, -0.2) is 4.98 Å². The van der Waals surface area contributed by atoms with Crippen molar-refractivity contribution in [1.82, 2.24) is 9.55 Å². The molecule has 1 heterocycles. The summed E-state index contributed by atoms with van der Waals surface area (Å²) in [6.07, 6.45) is 3.81. The van der Waals surface area contributed by atoms with Gasteiger partial charge in [0.15, 0.2) is 0 Å². The molecule has 0 amide bonds. The third-order valence-corrected chi connectivity index (χ3v) is 3.37. The van der Waals surface area contributed by atoms with Gasteiger partial charge in [0.25, 0.3) is 0 Å². The van der Waals surface area contributed by atoms with Crippen LogP contribution in [0.15, 0.2) is 109 Å². The summed E-state index contributed by atoms with van der Waals surface area (Å²) < 4.78 is 2.09. The maximum atomic E-state index is 4.43. The summed E-state index contributed by atoms with van der Waals surface area (Å²) in [5.41, 5.74) is 2.25. The van der Waals surface area contributed by atoms with E-state index < -0.39 is 0 Å². The van der Waals surface area contributed by atoms with Crippen molar-refractivity contribution in [1.29, 1.82) is 0 Å². The lowest BCUT2D eigenvalue weighted by Gasteiger charge is -2.07. The number of imidazole rings is 1. The molecular weight excluding hydrogens is 280 g/mol. The molecule has 0 aliphatic rings. The standard InChI is InChI=1S/C15H12N2.C6H6/c1-3-7-13(8-4-1)15-16-11-12-17(15)14-9-5-2-6-10-14;1-2-4-6-5-3-1/h1-12H;1-6H. The van der Waals surface area contributed by atoms with Crippen LogP contribution >= 0.6 is 0 Å². The summed E-state index contributed by atoms with van der Waals surface area (Å²) in [6.45, 7) is 0. The Balaban J connectivity index is 0.000000220. The van der Waals surface area contributed by atoms with Gasteiger partial charge in [0.1, 0.15) is 5.82 Å². The monoisotopic (exact) mass is 298 g/mol. The van der Waals surface area contributed by atoms with Crippen LogP contribution in [-0.4, -0.2) is 9.55 Å². The lowest BCUT2D eigenvalue weighted by molar-refractivity contribution is 1.07. The Bertz CT molecular complexity index is 725. The highest BCUT2D eigenvalue weighted by Crippen LogP contribution is 2.20. The van der Waals surface area contributed by atoms with Gasteiger partial charge in [-0.1, -0.05) is 84.9 Å². The van der Waals surface area contributed by atoms with Gasteiger partial charge in [0.2, 0.25) is 0 Å². The van der Waals surface area contributed by atoms with Gasteiger partial charge in [0, 0.05) is 23.6 Å². The smallest absolute Gasteiger partial charge is 0.144 e. The molecule has 112 valence electrons. The minimum absolute atomic E-state index is 0.969. The first-order chi connectivity index (χ1) is 11.4. The summed E-state index contributed by atoms with van der Waals surface area (Å²) in [5, 5.41) is 0. The molecule has 0 saturated heterocycles. The normalized spacial score (nSPS) is 9.74. The van der Waals surface area contributed by atoms with Gasteiger partial charge >= 0.3 is 0 Å². The van der Waals surface area contributed by atoms with E-state index in [0.29, 0.717) is 0 Å². The number of nitrogens with zero attached hydrogens (tertiary/aromatic N) is 2. The van der Waals surface area contributed by atoms with Crippen LogP contribution in [0.4, 0.5) is 0 Å². The highest BCUT2D eigenvalue weighted by atomic mass is 15.1. The van der Waals surface area contributed by atoms with Gasteiger partial charge in [-0.3, -0.25) is 4.57 Å². The van der Waals surface area contributed by atoms with Crippen molar-refractivity contribution in [3.8, 4) is 17.1 Å². The molecule has 0 N–H and O–H groups in total. The third-order valence-electron chi connectivity index (χ3n) is 3.37. The second-order valence-electron chi connectivity index (χ2n) is 4.98. The molecule has 0 saturated carbocycles. The Morgan fingerprint density at radius 1 is 0.565 bits per heavy atom. The first-order valence-corrected chi connectivity index (χ1v) is 7.59. The summed E-state index contributed by atoms with van der Waals surface area (Å²) in [7, 11) is 0. The first-order valence-electron chi connectivity index (χ1n) is 7.59. The molecule has 0 fully saturated rings. The fraction of sp³-hybridized carbons (Fsp3) is 0. The van der Waals surface area contributed by atoms with E-state index in [1.54, 1.807) is 0 Å². The Kier molecular flexibility index (Phi) is 4.99. The topological polar surface area (TPSA) is 17.8 Å². The lowest BCUT2D eigenvalue weighted by Crippen LogP contribution is -1.95. The van der Waals surface area contributed by atoms with Gasteiger partial charge in [-0.2, -0.15) is 0 Å². The average Bonchev–Trinajstić information content (AvgIpc) is 3.15. The van der Waals surface area contributed by atoms with Crippen molar-refractivity contribution >= 4 is 0 Å². The average molecular weight is 298 g/mol. The molecule has 2 heteroatoms. The molecular formula is C21H18N2. The lowest BCUT2D eigenvalue weighted by atomic mass is 10.2. The quantitative estimate of drug-likeness (QED) is 0.495. The van der Waals surface area contributed by atoms with Crippen molar-refractivity contribution in [3.63, 3.8) is 0 Å². The third kappa shape index (κ3) is 3.95. The van der Waals surface area contributed by atoms with E-state index in [-0.39, 0.29) is 0 Å². The molecule has 0 aliphatic heterocycles. The fourth-order valence-electron chi connectivity index (χ4n) is 2.29. The van der Waals surface area contributed by atoms with Crippen molar-refractivity contribution < 1.29 is 0 Å². The van der Waals surface area contributed by atoms with Crippen molar-refractivity contribution in [2.45, 2.75) is 0 Å². The Morgan fingerprint density at radius 2 is 1.04 bits per heavy atom. The predicted octanol–water partition coefficient (Wildman–Crippen LogP) is 5.23. The molecule has 0 unspecified atom stereocenters. The van der Waals surface area contributed by atoms with Crippen LogP contribution in [0.25, 0.3) is 17.1 Å². The molecule has 1 aromatic heterocycles. The summed E-state index contributed by atoms with van der Waals surface area (Å²) in [5.74, 6) is 0.969. The van der Waals surface area contributed by atoms with E-state index in [0.717, 1.165) is 17.1 Å². The van der Waals surface area contributed by atoms with E-state index in [2.05, 4.69) is 33.8 Å². The number of benzene rings is 3. The number of rotatable bonds is 2. The fourth-order valence-corrected chi connectivity index (χ4v) is 2.29. The first kappa shape index (κ1) is 14.8. The van der Waals surface area contributed by atoms with Crippen LogP contribution in [0.5, 0.6) is 0 Å². The second kappa shape index (κ2) is 7.76. The zero-order chi connectivity index (χ0) is 15.7. The van der Waals surface area contributed by atoms with E-state index in [4.69, 9.17) is 0 Å². The van der Waals surface area contributed by atoms with Crippen LogP contribution in [0, 0.1) is 0 Å². The summed E-state index contributed by atoms with van der Waals surface area (Å²) in [4.78, 5) is 4.43. The zero-order valence-electron chi connectivity index (χ0n) is 12.8.